The number of carboxylic acids is 1. The first-order valence-corrected chi connectivity index (χ1v) is 7.64. The molecular weight excluding hydrogens is 278 g/mol. The van der Waals surface area contributed by atoms with E-state index in [0.717, 1.165) is 55.0 Å². The molecule has 0 aliphatic carbocycles. The number of nitrogens with zero attached hydrogens (tertiary/aromatic N) is 1. The van der Waals surface area contributed by atoms with Crippen LogP contribution in [0.5, 0.6) is 5.75 Å². The molecule has 20 heavy (non-hydrogen) atoms. The highest BCUT2D eigenvalue weighted by molar-refractivity contribution is 7.14. The number of ether oxygens (including phenoxy) is 1. The number of hydrogen-bond donors (Lipinski definition) is 1. The van der Waals surface area contributed by atoms with Gasteiger partial charge in [0.15, 0.2) is 11.5 Å². The lowest BCUT2D eigenvalue weighted by Crippen LogP contribution is -2.35. The molecule has 110 valence electrons. The molecule has 1 aromatic heterocycles. The normalized spacial score (nSPS) is 15.8. The van der Waals surface area contributed by atoms with Crippen LogP contribution in [0.4, 0.5) is 0 Å². The first kappa shape index (κ1) is 14.8. The summed E-state index contributed by atoms with van der Waals surface area (Å²) in [5, 5.41) is 9.07. The van der Waals surface area contributed by atoms with Crippen molar-refractivity contribution >= 4 is 23.2 Å². The highest BCUT2D eigenvalue weighted by Gasteiger charge is 2.19. The van der Waals surface area contributed by atoms with Gasteiger partial charge in [0.1, 0.15) is 5.75 Å². The summed E-state index contributed by atoms with van der Waals surface area (Å²) in [4.78, 5) is 26.0. The second-order valence-electron chi connectivity index (χ2n) is 4.94. The average molecular weight is 297 g/mol. The summed E-state index contributed by atoms with van der Waals surface area (Å²) in [6.07, 6.45) is 4.39. The minimum absolute atomic E-state index is 0.0629. The van der Waals surface area contributed by atoms with Crippen LogP contribution in [0.3, 0.4) is 0 Å². The van der Waals surface area contributed by atoms with E-state index in [1.807, 2.05) is 11.8 Å². The Morgan fingerprint density at radius 2 is 1.95 bits per heavy atom. The van der Waals surface area contributed by atoms with Crippen molar-refractivity contribution in [3.8, 4) is 5.75 Å². The van der Waals surface area contributed by atoms with Crippen LogP contribution in [0.2, 0.25) is 0 Å². The highest BCUT2D eigenvalue weighted by Crippen LogP contribution is 2.28. The van der Waals surface area contributed by atoms with Gasteiger partial charge < -0.3 is 14.7 Å². The molecule has 1 saturated heterocycles. The van der Waals surface area contributed by atoms with Crippen LogP contribution in [-0.2, 0) is 4.79 Å². The first-order chi connectivity index (χ1) is 9.58. The van der Waals surface area contributed by atoms with E-state index in [1.165, 1.54) is 0 Å². The standard InChI is InChI=1S/C14H19NO4S/c1-10-8-11(13(20-10)14(17)18)19-9-12(16)15-6-4-2-3-5-7-15/h8H,2-7,9H2,1H3,(H,17,18). The molecule has 2 rings (SSSR count). The fraction of sp³-hybridized carbons (Fsp3) is 0.571. The topological polar surface area (TPSA) is 66.8 Å². The SMILES string of the molecule is Cc1cc(OCC(=O)N2CCCCCC2)c(C(=O)O)s1. The van der Waals surface area contributed by atoms with Crippen LogP contribution in [0.1, 0.15) is 40.2 Å². The van der Waals surface area contributed by atoms with Gasteiger partial charge in [-0.15, -0.1) is 11.3 Å². The Balaban J connectivity index is 1.94. The van der Waals surface area contributed by atoms with E-state index in [9.17, 15) is 9.59 Å². The Bertz CT molecular complexity index is 489. The van der Waals surface area contributed by atoms with Gasteiger partial charge in [-0.25, -0.2) is 4.79 Å². The summed E-state index contributed by atoms with van der Waals surface area (Å²) in [7, 11) is 0. The molecule has 1 aromatic rings. The number of thiophene rings is 1. The Morgan fingerprint density at radius 1 is 1.30 bits per heavy atom. The van der Waals surface area contributed by atoms with E-state index in [-0.39, 0.29) is 17.4 Å². The molecule has 0 saturated carbocycles. The number of aryl methyl sites for hydroxylation is 1. The van der Waals surface area contributed by atoms with Crippen molar-refractivity contribution in [3.05, 3.63) is 15.8 Å². The van der Waals surface area contributed by atoms with Crippen molar-refractivity contribution in [3.63, 3.8) is 0 Å². The van der Waals surface area contributed by atoms with Crippen molar-refractivity contribution < 1.29 is 19.4 Å². The molecule has 1 amide bonds. The highest BCUT2D eigenvalue weighted by atomic mass is 32.1. The second-order valence-corrected chi connectivity index (χ2v) is 6.20. The predicted molar refractivity (Wildman–Crippen MR) is 76.6 cm³/mol. The van der Waals surface area contributed by atoms with Crippen molar-refractivity contribution in [2.45, 2.75) is 32.6 Å². The van der Waals surface area contributed by atoms with Gasteiger partial charge >= 0.3 is 5.97 Å². The zero-order valence-corrected chi connectivity index (χ0v) is 12.4. The number of carbonyl (C=O) groups excluding carboxylic acids is 1. The van der Waals surface area contributed by atoms with Gasteiger partial charge in [-0.2, -0.15) is 0 Å². The van der Waals surface area contributed by atoms with Gasteiger partial charge in [0, 0.05) is 18.0 Å². The monoisotopic (exact) mass is 297 g/mol. The van der Waals surface area contributed by atoms with Crippen LogP contribution in [0.15, 0.2) is 6.07 Å². The molecule has 2 heterocycles. The zero-order chi connectivity index (χ0) is 14.5. The fourth-order valence-electron chi connectivity index (χ4n) is 2.30. The van der Waals surface area contributed by atoms with Crippen molar-refractivity contribution in [1.82, 2.24) is 4.90 Å². The smallest absolute Gasteiger partial charge is 0.349 e. The van der Waals surface area contributed by atoms with Gasteiger partial charge in [-0.3, -0.25) is 4.79 Å². The van der Waals surface area contributed by atoms with Gasteiger partial charge in [0.2, 0.25) is 0 Å². The van der Waals surface area contributed by atoms with E-state index in [1.54, 1.807) is 6.07 Å². The zero-order valence-electron chi connectivity index (χ0n) is 11.6. The van der Waals surface area contributed by atoms with E-state index in [2.05, 4.69) is 0 Å². The largest absolute Gasteiger partial charge is 0.482 e. The molecule has 0 radical (unpaired) electrons. The number of aromatic carboxylic acids is 1. The molecule has 0 bridgehead atoms. The molecule has 6 heteroatoms. The molecule has 1 aliphatic heterocycles. The van der Waals surface area contributed by atoms with E-state index in [0.29, 0.717) is 5.75 Å². The van der Waals surface area contributed by atoms with Gasteiger partial charge in [-0.1, -0.05) is 12.8 Å². The third-order valence-electron chi connectivity index (χ3n) is 3.33. The maximum Gasteiger partial charge on any atom is 0.349 e. The third kappa shape index (κ3) is 3.72. The molecule has 5 nitrogen and oxygen atoms in total. The van der Waals surface area contributed by atoms with Crippen LogP contribution in [0.25, 0.3) is 0 Å². The maximum absolute atomic E-state index is 12.1. The molecule has 1 fully saturated rings. The van der Waals surface area contributed by atoms with Gasteiger partial charge in [0.05, 0.1) is 0 Å². The summed E-state index contributed by atoms with van der Waals surface area (Å²) in [6, 6.07) is 1.67. The number of hydrogen-bond acceptors (Lipinski definition) is 4. The Morgan fingerprint density at radius 3 is 2.55 bits per heavy atom. The van der Waals surface area contributed by atoms with Crippen LogP contribution >= 0.6 is 11.3 Å². The number of carbonyl (C=O) groups is 2. The third-order valence-corrected chi connectivity index (χ3v) is 4.35. The molecule has 1 aliphatic rings. The summed E-state index contributed by atoms with van der Waals surface area (Å²) in [6.45, 7) is 3.28. The summed E-state index contributed by atoms with van der Waals surface area (Å²) < 4.78 is 5.41. The molecule has 0 spiro atoms. The second kappa shape index (κ2) is 6.74. The maximum atomic E-state index is 12.1. The Labute approximate surface area is 122 Å². The minimum Gasteiger partial charge on any atom is -0.482 e. The molecular formula is C14H19NO4S. The molecule has 0 unspecified atom stereocenters. The Kier molecular flexibility index (Phi) is 5.00. The van der Waals surface area contributed by atoms with Crippen LogP contribution in [0, 0.1) is 6.92 Å². The quantitative estimate of drug-likeness (QED) is 0.927. The lowest BCUT2D eigenvalue weighted by atomic mass is 10.2. The van der Waals surface area contributed by atoms with Crippen LogP contribution < -0.4 is 4.74 Å². The average Bonchev–Trinajstić information content (AvgIpc) is 2.63. The van der Waals surface area contributed by atoms with E-state index < -0.39 is 5.97 Å². The van der Waals surface area contributed by atoms with Crippen LogP contribution in [-0.4, -0.2) is 41.6 Å². The lowest BCUT2D eigenvalue weighted by molar-refractivity contribution is -0.133. The number of rotatable bonds is 4. The fourth-order valence-corrected chi connectivity index (χ4v) is 3.09. The first-order valence-electron chi connectivity index (χ1n) is 6.82. The van der Waals surface area contributed by atoms with Crippen molar-refractivity contribution in [1.29, 1.82) is 0 Å². The summed E-state index contributed by atoms with van der Waals surface area (Å²) in [5.41, 5.74) is 0. The van der Waals surface area contributed by atoms with E-state index >= 15 is 0 Å². The number of amides is 1. The number of likely N-dealkylation sites (tertiary alicyclic amines) is 1. The molecule has 0 atom stereocenters. The minimum atomic E-state index is -1.01. The van der Waals surface area contributed by atoms with Crippen molar-refractivity contribution in [2.75, 3.05) is 19.7 Å². The molecule has 1 N–H and O–H groups in total. The number of carboxylic acid groups (broad SMARTS) is 1. The summed E-state index contributed by atoms with van der Waals surface area (Å²) >= 11 is 1.16. The predicted octanol–water partition coefficient (Wildman–Crippen LogP) is 2.54. The van der Waals surface area contributed by atoms with Gasteiger partial charge in [-0.05, 0) is 25.8 Å². The van der Waals surface area contributed by atoms with Gasteiger partial charge in [0.25, 0.3) is 5.91 Å². The summed E-state index contributed by atoms with van der Waals surface area (Å²) in [5.74, 6) is -0.782. The van der Waals surface area contributed by atoms with E-state index in [4.69, 9.17) is 9.84 Å². The van der Waals surface area contributed by atoms with Crippen molar-refractivity contribution in [2.24, 2.45) is 0 Å². The Hall–Kier alpha value is -1.56. The lowest BCUT2D eigenvalue weighted by Gasteiger charge is -2.20. The molecule has 0 aromatic carbocycles.